The summed E-state index contributed by atoms with van der Waals surface area (Å²) in [5, 5.41) is 4.52. The average Bonchev–Trinajstić information content (AvgIpc) is 2.65. The highest BCUT2D eigenvalue weighted by atomic mass is 15.3. The van der Waals surface area contributed by atoms with E-state index in [0.717, 1.165) is 12.1 Å². The van der Waals surface area contributed by atoms with E-state index in [0.29, 0.717) is 12.5 Å². The second-order valence-corrected chi connectivity index (χ2v) is 5.35. The Morgan fingerprint density at radius 2 is 1.84 bits per heavy atom. The van der Waals surface area contributed by atoms with Gasteiger partial charge in [-0.25, -0.2) is 0 Å². The Hall–Kier alpha value is -1.61. The molecule has 1 aromatic heterocycles. The number of hydrogen-bond donors (Lipinski definition) is 1. The summed E-state index contributed by atoms with van der Waals surface area (Å²) in [6.07, 6.45) is 0.860. The molecule has 1 heterocycles. The molecule has 2 aromatic rings. The van der Waals surface area contributed by atoms with Crippen molar-refractivity contribution < 1.29 is 0 Å². The molecule has 2 rings (SSSR count). The zero-order chi connectivity index (χ0) is 14.0. The van der Waals surface area contributed by atoms with Crippen LogP contribution in [0.2, 0.25) is 0 Å². The largest absolute Gasteiger partial charge is 0.330 e. The summed E-state index contributed by atoms with van der Waals surface area (Å²) in [7, 11) is 1.99. The van der Waals surface area contributed by atoms with Gasteiger partial charge in [0.25, 0.3) is 0 Å². The molecule has 0 unspecified atom stereocenters. The van der Waals surface area contributed by atoms with Gasteiger partial charge < -0.3 is 5.73 Å². The lowest BCUT2D eigenvalue weighted by atomic mass is 9.97. The van der Waals surface area contributed by atoms with Crippen molar-refractivity contribution in [3.8, 4) is 11.1 Å². The van der Waals surface area contributed by atoms with Crippen LogP contribution < -0.4 is 5.73 Å². The van der Waals surface area contributed by atoms with Gasteiger partial charge in [0, 0.05) is 24.7 Å². The van der Waals surface area contributed by atoms with E-state index in [-0.39, 0.29) is 0 Å². The maximum absolute atomic E-state index is 5.71. The van der Waals surface area contributed by atoms with Crippen molar-refractivity contribution in [1.29, 1.82) is 0 Å². The fourth-order valence-electron chi connectivity index (χ4n) is 2.54. The summed E-state index contributed by atoms with van der Waals surface area (Å²) >= 11 is 0. The fraction of sp³-hybridized carbons (Fsp3) is 0.438. The van der Waals surface area contributed by atoms with Gasteiger partial charge in [-0.15, -0.1) is 0 Å². The highest BCUT2D eigenvalue weighted by Gasteiger charge is 2.14. The summed E-state index contributed by atoms with van der Waals surface area (Å²) in [6.45, 7) is 7.14. The van der Waals surface area contributed by atoms with Gasteiger partial charge in [0.05, 0.1) is 5.69 Å². The first kappa shape index (κ1) is 13.8. The lowest BCUT2D eigenvalue weighted by Gasteiger charge is -2.09. The smallest absolute Gasteiger partial charge is 0.0674 e. The average molecular weight is 257 g/mol. The molecule has 0 amide bonds. The lowest BCUT2D eigenvalue weighted by molar-refractivity contribution is 0.701. The molecule has 102 valence electrons. The van der Waals surface area contributed by atoms with Crippen molar-refractivity contribution in [2.24, 2.45) is 12.8 Å². The minimum absolute atomic E-state index is 0.563. The van der Waals surface area contributed by atoms with E-state index in [1.54, 1.807) is 0 Å². The summed E-state index contributed by atoms with van der Waals surface area (Å²) in [4.78, 5) is 0. The molecule has 2 N–H and O–H groups in total. The molecule has 0 bridgehead atoms. The first-order chi connectivity index (χ1) is 9.04. The third-order valence-electron chi connectivity index (χ3n) is 3.59. The second kappa shape index (κ2) is 5.57. The minimum atomic E-state index is 0.563. The quantitative estimate of drug-likeness (QED) is 0.915. The highest BCUT2D eigenvalue weighted by Crippen LogP contribution is 2.28. The van der Waals surface area contributed by atoms with Gasteiger partial charge in [0.2, 0.25) is 0 Å². The SMILES string of the molecule is Cc1nn(C)c(CCN)c1-c1ccc(C(C)C)cc1. The van der Waals surface area contributed by atoms with E-state index >= 15 is 0 Å². The van der Waals surface area contributed by atoms with Crippen LogP contribution in [-0.2, 0) is 13.5 Å². The molecule has 3 nitrogen and oxygen atoms in total. The molecule has 3 heteroatoms. The second-order valence-electron chi connectivity index (χ2n) is 5.35. The van der Waals surface area contributed by atoms with Crippen LogP contribution in [0, 0.1) is 6.92 Å². The third-order valence-corrected chi connectivity index (χ3v) is 3.59. The van der Waals surface area contributed by atoms with Crippen LogP contribution in [0.5, 0.6) is 0 Å². The van der Waals surface area contributed by atoms with Crippen LogP contribution in [0.1, 0.15) is 36.7 Å². The number of nitrogens with zero attached hydrogens (tertiary/aromatic N) is 2. The molecular formula is C16H23N3. The molecule has 0 atom stereocenters. The summed E-state index contributed by atoms with van der Waals surface area (Å²) in [5.41, 5.74) is 11.8. The Kier molecular flexibility index (Phi) is 4.05. The molecule has 0 saturated carbocycles. The van der Waals surface area contributed by atoms with E-state index in [1.807, 2.05) is 11.7 Å². The van der Waals surface area contributed by atoms with Gasteiger partial charge in [0.1, 0.15) is 0 Å². The molecule has 0 fully saturated rings. The molecule has 0 aliphatic heterocycles. The van der Waals surface area contributed by atoms with Crippen LogP contribution >= 0.6 is 0 Å². The van der Waals surface area contributed by atoms with Crippen LogP contribution in [0.25, 0.3) is 11.1 Å². The number of benzene rings is 1. The third kappa shape index (κ3) is 2.71. The highest BCUT2D eigenvalue weighted by molar-refractivity contribution is 5.69. The molecule has 0 spiro atoms. The Morgan fingerprint density at radius 3 is 2.37 bits per heavy atom. The Bertz CT molecular complexity index is 550. The zero-order valence-corrected chi connectivity index (χ0v) is 12.3. The van der Waals surface area contributed by atoms with Crippen molar-refractivity contribution in [1.82, 2.24) is 9.78 Å². The predicted molar refractivity (Wildman–Crippen MR) is 80.2 cm³/mol. The van der Waals surface area contributed by atoms with E-state index in [1.165, 1.54) is 22.4 Å². The molecule has 0 aliphatic rings. The molecule has 19 heavy (non-hydrogen) atoms. The topological polar surface area (TPSA) is 43.8 Å². The number of rotatable bonds is 4. The van der Waals surface area contributed by atoms with E-state index in [2.05, 4.69) is 50.1 Å². The van der Waals surface area contributed by atoms with Gasteiger partial charge in [-0.1, -0.05) is 38.1 Å². The molecule has 0 aliphatic carbocycles. The first-order valence-electron chi connectivity index (χ1n) is 6.87. The summed E-state index contributed by atoms with van der Waals surface area (Å²) in [5.74, 6) is 0.563. The Labute approximate surface area is 115 Å². The first-order valence-corrected chi connectivity index (χ1v) is 6.87. The van der Waals surface area contributed by atoms with Gasteiger partial charge in [0.15, 0.2) is 0 Å². The number of aromatic nitrogens is 2. The minimum Gasteiger partial charge on any atom is -0.330 e. The van der Waals surface area contributed by atoms with E-state index in [9.17, 15) is 0 Å². The Balaban J connectivity index is 2.46. The van der Waals surface area contributed by atoms with Crippen molar-refractivity contribution in [3.63, 3.8) is 0 Å². The number of hydrogen-bond acceptors (Lipinski definition) is 2. The Morgan fingerprint density at radius 1 is 1.21 bits per heavy atom. The van der Waals surface area contributed by atoms with Gasteiger partial charge in [-0.3, -0.25) is 4.68 Å². The molecular weight excluding hydrogens is 234 g/mol. The van der Waals surface area contributed by atoms with Crippen molar-refractivity contribution >= 4 is 0 Å². The molecule has 0 saturated heterocycles. The van der Waals surface area contributed by atoms with Crippen molar-refractivity contribution in [2.75, 3.05) is 6.54 Å². The van der Waals surface area contributed by atoms with Gasteiger partial charge in [-0.05, 0) is 30.5 Å². The maximum atomic E-state index is 5.71. The number of nitrogens with two attached hydrogens (primary N) is 1. The summed E-state index contributed by atoms with van der Waals surface area (Å²) in [6, 6.07) is 8.80. The standard InChI is InChI=1S/C16H23N3/c1-11(2)13-5-7-14(8-6-13)16-12(3)18-19(4)15(16)9-10-17/h5-8,11H,9-10,17H2,1-4H3. The molecule has 1 aromatic carbocycles. The lowest BCUT2D eigenvalue weighted by Crippen LogP contribution is -2.08. The van der Waals surface area contributed by atoms with Crippen LogP contribution in [-0.4, -0.2) is 16.3 Å². The van der Waals surface area contributed by atoms with Crippen molar-refractivity contribution in [3.05, 3.63) is 41.2 Å². The fourth-order valence-corrected chi connectivity index (χ4v) is 2.54. The summed E-state index contributed by atoms with van der Waals surface area (Å²) < 4.78 is 1.95. The van der Waals surface area contributed by atoms with Gasteiger partial charge >= 0.3 is 0 Å². The van der Waals surface area contributed by atoms with Crippen LogP contribution in [0.4, 0.5) is 0 Å². The molecule has 0 radical (unpaired) electrons. The van der Waals surface area contributed by atoms with Crippen molar-refractivity contribution in [2.45, 2.75) is 33.1 Å². The van der Waals surface area contributed by atoms with Crippen LogP contribution in [0.15, 0.2) is 24.3 Å². The van der Waals surface area contributed by atoms with Gasteiger partial charge in [-0.2, -0.15) is 5.10 Å². The number of aryl methyl sites for hydroxylation is 2. The van der Waals surface area contributed by atoms with E-state index < -0.39 is 0 Å². The predicted octanol–water partition coefficient (Wildman–Crippen LogP) is 3.02. The maximum Gasteiger partial charge on any atom is 0.0674 e. The zero-order valence-electron chi connectivity index (χ0n) is 12.3. The van der Waals surface area contributed by atoms with E-state index in [4.69, 9.17) is 5.73 Å². The monoisotopic (exact) mass is 257 g/mol. The normalized spacial score (nSPS) is 11.3. The van der Waals surface area contributed by atoms with Crippen LogP contribution in [0.3, 0.4) is 0 Å².